The summed E-state index contributed by atoms with van der Waals surface area (Å²) in [6, 6.07) is 5.41. The van der Waals surface area contributed by atoms with Crippen molar-refractivity contribution in [2.75, 3.05) is 25.0 Å². The summed E-state index contributed by atoms with van der Waals surface area (Å²) in [4.78, 5) is 14.4. The van der Waals surface area contributed by atoms with Crippen LogP contribution in [0.25, 0.3) is 0 Å². The minimum absolute atomic E-state index is 0. The topological polar surface area (TPSA) is 58.4 Å². The Balaban J connectivity index is 0.00000242. The van der Waals surface area contributed by atoms with Gasteiger partial charge in [-0.15, -0.1) is 12.4 Å². The zero-order valence-electron chi connectivity index (χ0n) is 12.5. The van der Waals surface area contributed by atoms with Gasteiger partial charge < -0.3 is 11.1 Å². The molecule has 2 unspecified atom stereocenters. The summed E-state index contributed by atoms with van der Waals surface area (Å²) < 4.78 is 0. The van der Waals surface area contributed by atoms with Gasteiger partial charge in [0.1, 0.15) is 0 Å². The number of nitrogens with two attached hydrogens (primary N) is 1. The number of halogens is 3. The van der Waals surface area contributed by atoms with Gasteiger partial charge in [0, 0.05) is 12.6 Å². The zero-order valence-corrected chi connectivity index (χ0v) is 14.8. The summed E-state index contributed by atoms with van der Waals surface area (Å²) >= 11 is 12.1. The van der Waals surface area contributed by atoms with Gasteiger partial charge in [-0.2, -0.15) is 0 Å². The molecule has 0 saturated carbocycles. The van der Waals surface area contributed by atoms with Crippen LogP contribution in [0.5, 0.6) is 0 Å². The second-order valence-corrected chi connectivity index (χ2v) is 6.35. The van der Waals surface area contributed by atoms with Crippen molar-refractivity contribution >= 4 is 47.2 Å². The van der Waals surface area contributed by atoms with Crippen molar-refractivity contribution in [2.45, 2.75) is 25.8 Å². The van der Waals surface area contributed by atoms with Crippen LogP contribution in [0.1, 0.15) is 19.8 Å². The van der Waals surface area contributed by atoms with E-state index >= 15 is 0 Å². The number of nitrogens with one attached hydrogen (secondary N) is 1. The highest BCUT2D eigenvalue weighted by Gasteiger charge is 2.28. The summed E-state index contributed by atoms with van der Waals surface area (Å²) in [5.74, 6) is 0.401. The molecule has 1 amide bonds. The van der Waals surface area contributed by atoms with Crippen molar-refractivity contribution in [3.8, 4) is 0 Å². The largest absolute Gasteiger partial charge is 0.329 e. The third kappa shape index (κ3) is 4.74. The number of amides is 1. The first-order valence-electron chi connectivity index (χ1n) is 7.21. The van der Waals surface area contributed by atoms with Crippen LogP contribution in [0.2, 0.25) is 10.0 Å². The molecule has 7 heteroatoms. The number of para-hydroxylation sites is 1. The highest BCUT2D eigenvalue weighted by molar-refractivity contribution is 6.39. The molecule has 2 atom stereocenters. The van der Waals surface area contributed by atoms with E-state index in [9.17, 15) is 4.79 Å². The van der Waals surface area contributed by atoms with Crippen LogP contribution in [-0.2, 0) is 4.79 Å². The number of rotatable bonds is 4. The van der Waals surface area contributed by atoms with Gasteiger partial charge in [-0.05, 0) is 37.4 Å². The predicted molar refractivity (Wildman–Crippen MR) is 95.2 cm³/mol. The van der Waals surface area contributed by atoms with E-state index < -0.39 is 0 Å². The molecule has 1 aliphatic heterocycles. The van der Waals surface area contributed by atoms with Crippen molar-refractivity contribution in [3.63, 3.8) is 0 Å². The molecule has 1 aliphatic rings. The maximum Gasteiger partial charge on any atom is 0.238 e. The molecule has 0 aromatic heterocycles. The SMILES string of the molecule is CC1CCCN(CC(=O)Nc2c(Cl)cccc2Cl)C1CN.Cl. The number of carbonyl (C=O) groups excluding carboxylic acids is 1. The lowest BCUT2D eigenvalue weighted by Gasteiger charge is -2.38. The fraction of sp³-hybridized carbons (Fsp3) is 0.533. The van der Waals surface area contributed by atoms with Crippen molar-refractivity contribution < 1.29 is 4.79 Å². The highest BCUT2D eigenvalue weighted by Crippen LogP contribution is 2.30. The van der Waals surface area contributed by atoms with Crippen LogP contribution in [-0.4, -0.2) is 36.5 Å². The summed E-state index contributed by atoms with van der Waals surface area (Å²) in [5, 5.41) is 3.69. The fourth-order valence-electron chi connectivity index (χ4n) is 2.89. The lowest BCUT2D eigenvalue weighted by atomic mass is 9.91. The Kier molecular flexibility index (Phi) is 7.94. The average Bonchev–Trinajstić information content (AvgIpc) is 2.43. The molecule has 1 aromatic rings. The van der Waals surface area contributed by atoms with E-state index in [4.69, 9.17) is 28.9 Å². The first-order chi connectivity index (χ1) is 10.0. The monoisotopic (exact) mass is 365 g/mol. The summed E-state index contributed by atoms with van der Waals surface area (Å²) in [5.41, 5.74) is 6.32. The van der Waals surface area contributed by atoms with E-state index in [0.717, 1.165) is 19.4 Å². The van der Waals surface area contributed by atoms with Gasteiger partial charge in [0.05, 0.1) is 22.3 Å². The molecule has 1 heterocycles. The molecule has 3 N–H and O–H groups in total. The number of nitrogens with zero attached hydrogens (tertiary/aromatic N) is 1. The van der Waals surface area contributed by atoms with E-state index in [0.29, 0.717) is 34.7 Å². The molecule has 2 rings (SSSR count). The van der Waals surface area contributed by atoms with E-state index in [-0.39, 0.29) is 24.4 Å². The van der Waals surface area contributed by atoms with Gasteiger partial charge in [0.15, 0.2) is 0 Å². The van der Waals surface area contributed by atoms with Crippen molar-refractivity contribution in [3.05, 3.63) is 28.2 Å². The van der Waals surface area contributed by atoms with E-state index in [1.807, 2.05) is 0 Å². The number of piperidine rings is 1. The number of hydrogen-bond acceptors (Lipinski definition) is 3. The van der Waals surface area contributed by atoms with Crippen molar-refractivity contribution in [2.24, 2.45) is 11.7 Å². The van der Waals surface area contributed by atoms with Crippen LogP contribution < -0.4 is 11.1 Å². The maximum atomic E-state index is 12.2. The van der Waals surface area contributed by atoms with Crippen LogP contribution in [0, 0.1) is 5.92 Å². The van der Waals surface area contributed by atoms with Gasteiger partial charge >= 0.3 is 0 Å². The highest BCUT2D eigenvalue weighted by atomic mass is 35.5. The minimum atomic E-state index is -0.113. The normalized spacial score (nSPS) is 22.0. The van der Waals surface area contributed by atoms with E-state index in [1.165, 1.54) is 0 Å². The molecule has 1 fully saturated rings. The fourth-order valence-corrected chi connectivity index (χ4v) is 3.38. The second-order valence-electron chi connectivity index (χ2n) is 5.54. The number of likely N-dealkylation sites (tertiary alicyclic amines) is 1. The number of anilines is 1. The lowest BCUT2D eigenvalue weighted by molar-refractivity contribution is -0.118. The van der Waals surface area contributed by atoms with Gasteiger partial charge in [0.25, 0.3) is 0 Å². The molecule has 0 aliphatic carbocycles. The third-order valence-corrected chi connectivity index (χ3v) is 4.68. The van der Waals surface area contributed by atoms with E-state index in [1.54, 1.807) is 18.2 Å². The Morgan fingerprint density at radius 3 is 2.64 bits per heavy atom. The summed E-state index contributed by atoms with van der Waals surface area (Å²) in [6.07, 6.45) is 2.26. The van der Waals surface area contributed by atoms with Crippen molar-refractivity contribution in [1.29, 1.82) is 0 Å². The van der Waals surface area contributed by atoms with Gasteiger partial charge in [0.2, 0.25) is 5.91 Å². The Labute approximate surface area is 147 Å². The summed E-state index contributed by atoms with van der Waals surface area (Å²) in [7, 11) is 0. The molecular weight excluding hydrogens is 345 g/mol. The molecule has 124 valence electrons. The van der Waals surface area contributed by atoms with Crippen LogP contribution in [0.15, 0.2) is 18.2 Å². The molecule has 1 saturated heterocycles. The number of benzene rings is 1. The molecule has 4 nitrogen and oxygen atoms in total. The van der Waals surface area contributed by atoms with Gasteiger partial charge in [-0.25, -0.2) is 0 Å². The number of hydrogen-bond donors (Lipinski definition) is 2. The molecule has 0 spiro atoms. The molecule has 22 heavy (non-hydrogen) atoms. The summed E-state index contributed by atoms with van der Waals surface area (Å²) in [6.45, 7) is 3.97. The molecule has 0 radical (unpaired) electrons. The van der Waals surface area contributed by atoms with Crippen LogP contribution in [0.3, 0.4) is 0 Å². The zero-order chi connectivity index (χ0) is 15.4. The third-order valence-electron chi connectivity index (χ3n) is 4.05. The first kappa shape index (κ1) is 19.5. The molecule has 0 bridgehead atoms. The first-order valence-corrected chi connectivity index (χ1v) is 7.96. The molecular formula is C15H22Cl3N3O. The maximum absolute atomic E-state index is 12.2. The molecule has 1 aromatic carbocycles. The standard InChI is InChI=1S/C15H21Cl2N3O.ClH/c1-10-4-3-7-20(13(10)8-18)9-14(21)19-15-11(16)5-2-6-12(15)17;/h2,5-6,10,13H,3-4,7-9,18H2,1H3,(H,19,21);1H. The van der Waals surface area contributed by atoms with Crippen molar-refractivity contribution in [1.82, 2.24) is 4.90 Å². The Bertz CT molecular complexity index is 493. The van der Waals surface area contributed by atoms with Gasteiger partial charge in [-0.3, -0.25) is 9.69 Å². The Hall–Kier alpha value is -0.520. The smallest absolute Gasteiger partial charge is 0.238 e. The van der Waals surface area contributed by atoms with Gasteiger partial charge in [-0.1, -0.05) is 36.2 Å². The Morgan fingerprint density at radius 2 is 2.05 bits per heavy atom. The minimum Gasteiger partial charge on any atom is -0.329 e. The second kappa shape index (κ2) is 8.94. The quantitative estimate of drug-likeness (QED) is 0.858. The average molecular weight is 367 g/mol. The number of carbonyl (C=O) groups is 1. The van der Waals surface area contributed by atoms with Crippen LogP contribution in [0.4, 0.5) is 5.69 Å². The Morgan fingerprint density at radius 1 is 1.41 bits per heavy atom. The predicted octanol–water partition coefficient (Wildman–Crippen LogP) is 3.41. The van der Waals surface area contributed by atoms with E-state index in [2.05, 4.69) is 17.1 Å². The lowest BCUT2D eigenvalue weighted by Crippen LogP contribution is -2.51. The van der Waals surface area contributed by atoms with Crippen LogP contribution >= 0.6 is 35.6 Å².